The molecule has 6 heteroatoms. The Labute approximate surface area is 144 Å². The highest BCUT2D eigenvalue weighted by atomic mass is 79.9. The third-order valence-corrected chi connectivity index (χ3v) is 4.65. The Kier molecular flexibility index (Phi) is 6.45. The lowest BCUT2D eigenvalue weighted by molar-refractivity contribution is -0.147. The molecule has 23 heavy (non-hydrogen) atoms. The lowest BCUT2D eigenvalue weighted by Gasteiger charge is -2.25. The van der Waals surface area contributed by atoms with Gasteiger partial charge in [0.2, 0.25) is 5.91 Å². The molecule has 1 amide bonds. The molecular weight excluding hydrogens is 362 g/mol. The first-order valence-electron chi connectivity index (χ1n) is 7.95. The predicted molar refractivity (Wildman–Crippen MR) is 90.5 cm³/mol. The fourth-order valence-corrected chi connectivity index (χ4v) is 3.07. The maximum atomic E-state index is 12.0. The average Bonchev–Trinajstić information content (AvgIpc) is 2.98. The minimum Gasteiger partial charge on any atom is -0.494 e. The number of unbranched alkanes of at least 4 members (excludes halogenated alkanes) is 1. The van der Waals surface area contributed by atoms with Crippen LogP contribution in [0.3, 0.4) is 0 Å². The van der Waals surface area contributed by atoms with Gasteiger partial charge in [-0.05, 0) is 49.9 Å². The molecule has 0 atom stereocenters. The number of carboxylic acids is 1. The van der Waals surface area contributed by atoms with Crippen molar-refractivity contribution in [3.05, 3.63) is 28.7 Å². The van der Waals surface area contributed by atoms with Crippen LogP contribution in [0.15, 0.2) is 28.7 Å². The van der Waals surface area contributed by atoms with Gasteiger partial charge in [-0.1, -0.05) is 28.8 Å². The van der Waals surface area contributed by atoms with Gasteiger partial charge in [0.1, 0.15) is 11.3 Å². The van der Waals surface area contributed by atoms with E-state index in [4.69, 9.17) is 4.74 Å². The molecule has 1 saturated carbocycles. The van der Waals surface area contributed by atoms with Crippen LogP contribution in [0.1, 0.15) is 44.9 Å². The highest BCUT2D eigenvalue weighted by Gasteiger charge is 2.42. The SMILES string of the molecule is O=C(CCCCOc1ccc(Br)cc1)NC1(C(=O)O)CCCC1. The third-order valence-electron chi connectivity index (χ3n) is 4.13. The first-order chi connectivity index (χ1) is 11.0. The quantitative estimate of drug-likeness (QED) is 0.673. The Bertz CT molecular complexity index is 538. The van der Waals surface area contributed by atoms with E-state index < -0.39 is 11.5 Å². The van der Waals surface area contributed by atoms with E-state index in [1.165, 1.54) is 0 Å². The first-order valence-corrected chi connectivity index (χ1v) is 8.74. The van der Waals surface area contributed by atoms with Crippen molar-refractivity contribution in [1.82, 2.24) is 5.32 Å². The molecule has 0 spiro atoms. The van der Waals surface area contributed by atoms with Crippen LogP contribution in [0, 0.1) is 0 Å². The zero-order valence-corrected chi connectivity index (χ0v) is 14.6. The Balaban J connectivity index is 1.65. The Hall–Kier alpha value is -1.56. The van der Waals surface area contributed by atoms with Crippen LogP contribution >= 0.6 is 15.9 Å². The number of carbonyl (C=O) groups is 2. The Morgan fingerprint density at radius 3 is 2.43 bits per heavy atom. The van der Waals surface area contributed by atoms with Crippen molar-refractivity contribution >= 4 is 27.8 Å². The summed E-state index contributed by atoms with van der Waals surface area (Å²) >= 11 is 3.36. The molecule has 0 unspecified atom stereocenters. The molecule has 1 aliphatic carbocycles. The lowest BCUT2D eigenvalue weighted by atomic mass is 9.97. The minimum atomic E-state index is -1.04. The molecule has 0 radical (unpaired) electrons. The second kappa shape index (κ2) is 8.34. The van der Waals surface area contributed by atoms with E-state index in [-0.39, 0.29) is 5.91 Å². The maximum Gasteiger partial charge on any atom is 0.329 e. The van der Waals surface area contributed by atoms with Gasteiger partial charge >= 0.3 is 5.97 Å². The van der Waals surface area contributed by atoms with E-state index in [0.717, 1.165) is 29.5 Å². The number of nitrogens with one attached hydrogen (secondary N) is 1. The summed E-state index contributed by atoms with van der Waals surface area (Å²) in [5, 5.41) is 12.1. The van der Waals surface area contributed by atoms with Crippen molar-refractivity contribution < 1.29 is 19.4 Å². The van der Waals surface area contributed by atoms with E-state index in [9.17, 15) is 14.7 Å². The fourth-order valence-electron chi connectivity index (χ4n) is 2.81. The van der Waals surface area contributed by atoms with E-state index in [1.807, 2.05) is 24.3 Å². The number of carboxylic acid groups (broad SMARTS) is 1. The van der Waals surface area contributed by atoms with E-state index in [0.29, 0.717) is 32.3 Å². The zero-order valence-electron chi connectivity index (χ0n) is 13.0. The van der Waals surface area contributed by atoms with Crippen molar-refractivity contribution in [2.24, 2.45) is 0 Å². The average molecular weight is 384 g/mol. The van der Waals surface area contributed by atoms with Crippen molar-refractivity contribution in [1.29, 1.82) is 0 Å². The number of hydrogen-bond acceptors (Lipinski definition) is 3. The van der Waals surface area contributed by atoms with Crippen molar-refractivity contribution in [3.63, 3.8) is 0 Å². The summed E-state index contributed by atoms with van der Waals surface area (Å²) in [7, 11) is 0. The van der Waals surface area contributed by atoms with Crippen LogP contribution in [0.2, 0.25) is 0 Å². The second-order valence-electron chi connectivity index (χ2n) is 5.90. The Morgan fingerprint density at radius 1 is 1.17 bits per heavy atom. The summed E-state index contributed by atoms with van der Waals surface area (Å²) in [6.45, 7) is 0.541. The van der Waals surface area contributed by atoms with Crippen LogP contribution in [0.5, 0.6) is 5.75 Å². The number of halogens is 1. The van der Waals surface area contributed by atoms with Crippen molar-refractivity contribution in [3.8, 4) is 5.75 Å². The molecule has 1 aromatic carbocycles. The monoisotopic (exact) mass is 383 g/mol. The van der Waals surface area contributed by atoms with Crippen LogP contribution in [-0.4, -0.2) is 29.1 Å². The molecule has 1 aliphatic rings. The van der Waals surface area contributed by atoms with Crippen LogP contribution in [-0.2, 0) is 9.59 Å². The number of aliphatic carboxylic acids is 1. The molecule has 1 fully saturated rings. The Morgan fingerprint density at radius 2 is 1.83 bits per heavy atom. The van der Waals surface area contributed by atoms with E-state index >= 15 is 0 Å². The number of amides is 1. The molecule has 2 rings (SSSR count). The van der Waals surface area contributed by atoms with Crippen LogP contribution in [0.25, 0.3) is 0 Å². The van der Waals surface area contributed by atoms with Crippen LogP contribution in [0.4, 0.5) is 0 Å². The fraction of sp³-hybridized carbons (Fsp3) is 0.529. The highest BCUT2D eigenvalue weighted by molar-refractivity contribution is 9.10. The molecule has 2 N–H and O–H groups in total. The molecule has 1 aromatic rings. The zero-order chi connectivity index (χ0) is 16.7. The minimum absolute atomic E-state index is 0.182. The third kappa shape index (κ3) is 5.23. The number of ether oxygens (including phenoxy) is 1. The number of carbonyl (C=O) groups excluding carboxylic acids is 1. The van der Waals surface area contributed by atoms with Crippen molar-refractivity contribution in [2.75, 3.05) is 6.61 Å². The normalized spacial score (nSPS) is 16.0. The predicted octanol–water partition coefficient (Wildman–Crippen LogP) is 3.51. The lowest BCUT2D eigenvalue weighted by Crippen LogP contribution is -2.52. The topological polar surface area (TPSA) is 75.6 Å². The number of hydrogen-bond donors (Lipinski definition) is 2. The van der Waals surface area contributed by atoms with Crippen LogP contribution < -0.4 is 10.1 Å². The summed E-state index contributed by atoms with van der Waals surface area (Å²) in [6.07, 6.45) is 4.53. The van der Waals surface area contributed by atoms with Gasteiger partial charge in [-0.25, -0.2) is 4.79 Å². The highest BCUT2D eigenvalue weighted by Crippen LogP contribution is 2.30. The smallest absolute Gasteiger partial charge is 0.329 e. The number of rotatable bonds is 8. The molecule has 0 bridgehead atoms. The molecule has 126 valence electrons. The standard InChI is InChI=1S/C17H22BrNO4/c18-13-6-8-14(9-7-13)23-12-4-1-5-15(20)19-17(16(21)22)10-2-3-11-17/h6-9H,1-5,10-12H2,(H,19,20)(H,21,22). The van der Waals surface area contributed by atoms with Gasteiger partial charge in [-0.3, -0.25) is 4.79 Å². The molecule has 0 saturated heterocycles. The largest absolute Gasteiger partial charge is 0.494 e. The van der Waals surface area contributed by atoms with Crippen molar-refractivity contribution in [2.45, 2.75) is 50.5 Å². The van der Waals surface area contributed by atoms with Gasteiger partial charge in [0.15, 0.2) is 0 Å². The summed E-state index contributed by atoms with van der Waals surface area (Å²) in [4.78, 5) is 23.3. The van der Waals surface area contributed by atoms with Gasteiger partial charge in [0.25, 0.3) is 0 Å². The second-order valence-corrected chi connectivity index (χ2v) is 6.82. The maximum absolute atomic E-state index is 12.0. The summed E-state index contributed by atoms with van der Waals surface area (Å²) in [5.74, 6) is -0.298. The van der Waals surface area contributed by atoms with E-state index in [1.54, 1.807) is 0 Å². The van der Waals surface area contributed by atoms with E-state index in [2.05, 4.69) is 21.2 Å². The summed E-state index contributed by atoms with van der Waals surface area (Å²) in [6, 6.07) is 7.59. The number of benzene rings is 1. The first kappa shape index (κ1) is 17.8. The molecule has 0 heterocycles. The van der Waals surface area contributed by atoms with Gasteiger partial charge in [0, 0.05) is 10.9 Å². The summed E-state index contributed by atoms with van der Waals surface area (Å²) < 4.78 is 6.59. The van der Waals surface area contributed by atoms with Gasteiger partial charge < -0.3 is 15.2 Å². The molecular formula is C17H22BrNO4. The van der Waals surface area contributed by atoms with Gasteiger partial charge in [-0.2, -0.15) is 0 Å². The van der Waals surface area contributed by atoms with Gasteiger partial charge in [-0.15, -0.1) is 0 Å². The summed E-state index contributed by atoms with van der Waals surface area (Å²) in [5.41, 5.74) is -1.04. The molecule has 0 aromatic heterocycles. The molecule has 0 aliphatic heterocycles. The van der Waals surface area contributed by atoms with Gasteiger partial charge in [0.05, 0.1) is 6.61 Å². The molecule has 5 nitrogen and oxygen atoms in total.